The van der Waals surface area contributed by atoms with Crippen molar-refractivity contribution in [3.05, 3.63) is 29.8 Å². The summed E-state index contributed by atoms with van der Waals surface area (Å²) in [6.07, 6.45) is -7.89. The van der Waals surface area contributed by atoms with Crippen LogP contribution in [0.2, 0.25) is 0 Å². The van der Waals surface area contributed by atoms with Crippen molar-refractivity contribution in [1.82, 2.24) is 9.80 Å². The summed E-state index contributed by atoms with van der Waals surface area (Å²) in [4.78, 5) is 76.4. The summed E-state index contributed by atoms with van der Waals surface area (Å²) in [6, 6.07) is 6.21. The average Bonchev–Trinajstić information content (AvgIpc) is 3.00. The number of nitrogens with zero attached hydrogens (tertiary/aromatic N) is 2. The summed E-state index contributed by atoms with van der Waals surface area (Å²) in [5, 5.41) is 0. The molecule has 256 valence electrons. The van der Waals surface area contributed by atoms with Gasteiger partial charge in [0.15, 0.2) is 18.3 Å². The zero-order chi connectivity index (χ0) is 34.6. The zero-order valence-corrected chi connectivity index (χ0v) is 27.9. The third kappa shape index (κ3) is 11.4. The minimum absolute atomic E-state index is 0.0599. The van der Waals surface area contributed by atoms with E-state index in [2.05, 4.69) is 12.6 Å². The van der Waals surface area contributed by atoms with Gasteiger partial charge in [-0.3, -0.25) is 24.1 Å². The first-order valence-corrected chi connectivity index (χ1v) is 15.1. The molecule has 1 aliphatic heterocycles. The Morgan fingerprint density at radius 3 is 2.00 bits per heavy atom. The summed E-state index contributed by atoms with van der Waals surface area (Å²) in [7, 11) is 2.70. The lowest BCUT2D eigenvalue weighted by Gasteiger charge is -2.43. The van der Waals surface area contributed by atoms with Gasteiger partial charge in [0.1, 0.15) is 12.4 Å². The number of hydrogen-bond acceptors (Lipinski definition) is 14. The fourth-order valence-corrected chi connectivity index (χ4v) is 4.48. The van der Waals surface area contributed by atoms with Gasteiger partial charge in [-0.15, -0.1) is 0 Å². The van der Waals surface area contributed by atoms with E-state index in [9.17, 15) is 28.8 Å². The Balaban J connectivity index is 2.17. The predicted molar refractivity (Wildman–Crippen MR) is 162 cm³/mol. The molecule has 1 heterocycles. The fraction of sp³-hybridized carbons (Fsp3) is 0.600. The molecule has 1 unspecified atom stereocenters. The van der Waals surface area contributed by atoms with Crippen molar-refractivity contribution < 1.29 is 61.9 Å². The number of carbonyl (C=O) groups excluding carboxylic acids is 6. The molecular weight excluding hydrogens is 628 g/mol. The second-order valence-corrected chi connectivity index (χ2v) is 10.9. The zero-order valence-electron chi connectivity index (χ0n) is 27.0. The maximum atomic E-state index is 12.7. The summed E-state index contributed by atoms with van der Waals surface area (Å²) >= 11 is 4.20. The monoisotopic (exact) mass is 670 g/mol. The van der Waals surface area contributed by atoms with Crippen molar-refractivity contribution in [2.24, 2.45) is 5.92 Å². The van der Waals surface area contributed by atoms with Crippen LogP contribution in [0.5, 0.6) is 5.75 Å². The number of benzene rings is 1. The summed E-state index contributed by atoms with van der Waals surface area (Å²) < 4.78 is 37.8. The van der Waals surface area contributed by atoms with E-state index < -0.39 is 60.7 Å². The number of amides is 2. The smallest absolute Gasteiger partial charge is 0.411 e. The van der Waals surface area contributed by atoms with E-state index >= 15 is 0 Å². The first kappa shape index (κ1) is 38.1. The van der Waals surface area contributed by atoms with E-state index in [1.807, 2.05) is 6.92 Å². The minimum atomic E-state index is -1.60. The lowest BCUT2D eigenvalue weighted by molar-refractivity contribution is -0.282. The average molecular weight is 671 g/mol. The lowest BCUT2D eigenvalue weighted by Crippen LogP contribution is -2.64. The molecule has 1 aliphatic rings. The van der Waals surface area contributed by atoms with Crippen LogP contribution in [-0.4, -0.2) is 110 Å². The van der Waals surface area contributed by atoms with Crippen molar-refractivity contribution in [2.45, 2.75) is 78.4 Å². The Morgan fingerprint density at radius 2 is 1.48 bits per heavy atom. The summed E-state index contributed by atoms with van der Waals surface area (Å²) in [5.74, 6) is -2.64. The molecule has 0 saturated carbocycles. The van der Waals surface area contributed by atoms with Crippen molar-refractivity contribution in [2.75, 3.05) is 33.1 Å². The number of esters is 4. The van der Waals surface area contributed by atoms with Gasteiger partial charge in [0.2, 0.25) is 18.3 Å². The van der Waals surface area contributed by atoms with Crippen molar-refractivity contribution >= 4 is 48.5 Å². The highest BCUT2D eigenvalue weighted by molar-refractivity contribution is 7.80. The second kappa shape index (κ2) is 18.2. The highest BCUT2D eigenvalue weighted by Crippen LogP contribution is 2.31. The van der Waals surface area contributed by atoms with Crippen LogP contribution in [0.1, 0.15) is 46.6 Å². The lowest BCUT2D eigenvalue weighted by atomic mass is 9.97. The van der Waals surface area contributed by atoms with Gasteiger partial charge < -0.3 is 38.1 Å². The van der Waals surface area contributed by atoms with Crippen molar-refractivity contribution in [3.63, 3.8) is 0 Å². The third-order valence-corrected chi connectivity index (χ3v) is 7.28. The van der Waals surface area contributed by atoms with E-state index in [-0.39, 0.29) is 30.9 Å². The van der Waals surface area contributed by atoms with Gasteiger partial charge >= 0.3 is 30.0 Å². The van der Waals surface area contributed by atoms with E-state index in [0.29, 0.717) is 24.3 Å². The fourth-order valence-electron chi connectivity index (χ4n) is 4.35. The molecular formula is C30H42N2O13S. The Bertz CT molecular complexity index is 1230. The largest absolute Gasteiger partial charge is 0.467 e. The van der Waals surface area contributed by atoms with E-state index in [1.165, 1.54) is 21.9 Å². The van der Waals surface area contributed by atoms with Crippen LogP contribution >= 0.6 is 12.6 Å². The third-order valence-electron chi connectivity index (χ3n) is 6.66. The number of ether oxygens (including phenoxy) is 7. The Kier molecular flexibility index (Phi) is 15.1. The van der Waals surface area contributed by atoms with E-state index in [1.54, 1.807) is 26.1 Å². The molecule has 2 amide bonds. The molecule has 0 N–H and O–H groups in total. The molecule has 0 bridgehead atoms. The molecule has 6 atom stereocenters. The topological polar surface area (TPSA) is 174 Å². The van der Waals surface area contributed by atoms with Gasteiger partial charge in [-0.1, -0.05) is 19.1 Å². The molecule has 2 rings (SSSR count). The molecule has 0 aromatic heterocycles. The number of methoxy groups -OCH3 is 1. The van der Waals surface area contributed by atoms with E-state index in [0.717, 1.165) is 27.9 Å². The molecule has 1 fully saturated rings. The molecule has 46 heavy (non-hydrogen) atoms. The number of hydrogen-bond donors (Lipinski definition) is 1. The molecule has 15 nitrogen and oxygen atoms in total. The highest BCUT2D eigenvalue weighted by Gasteiger charge is 2.55. The van der Waals surface area contributed by atoms with Crippen LogP contribution in [0.15, 0.2) is 24.3 Å². The first-order chi connectivity index (χ1) is 21.7. The SMILES string of the molecule is CCN(CN(C)C(=O)CC(C)CS)C(=O)OCc1ccc(O[C@@H]2O[C@H](C(=O)OC)[C@@H](OC(C)=O)[C@H](OC(C)=O)[C@H]2OC(C)=O)cc1. The Labute approximate surface area is 273 Å². The standard InChI is InChI=1S/C30H42N2O13S/c1-8-32(16-31(6)23(36)13-17(2)15-46)30(38)40-14-21-9-11-22(12-10-21)44-29-27(43-20(5)35)25(42-19(4)34)24(41-18(3)33)26(45-29)28(37)39-7/h9-12,17,24-27,29,46H,8,13-16H2,1-7H3/t17?,24-,25-,26-,27+,29+/m0/s1. The molecule has 1 aromatic carbocycles. The second-order valence-electron chi connectivity index (χ2n) is 10.6. The van der Waals surface area contributed by atoms with Gasteiger partial charge in [-0.25, -0.2) is 9.59 Å². The van der Waals surface area contributed by atoms with E-state index in [4.69, 9.17) is 33.2 Å². The molecule has 16 heteroatoms. The highest BCUT2D eigenvalue weighted by atomic mass is 32.1. The first-order valence-electron chi connectivity index (χ1n) is 14.5. The molecule has 1 aromatic rings. The Hall–Kier alpha value is -4.05. The summed E-state index contributed by atoms with van der Waals surface area (Å²) in [5.41, 5.74) is 0.588. The maximum absolute atomic E-state index is 12.7. The molecule has 0 aliphatic carbocycles. The van der Waals surface area contributed by atoms with Gasteiger partial charge in [-0.2, -0.15) is 12.6 Å². The predicted octanol–water partition coefficient (Wildman–Crippen LogP) is 2.09. The molecule has 0 radical (unpaired) electrons. The molecule has 1 saturated heterocycles. The normalized spacial score (nSPS) is 21.2. The van der Waals surface area contributed by atoms with Crippen LogP contribution in [0.3, 0.4) is 0 Å². The maximum Gasteiger partial charge on any atom is 0.411 e. The van der Waals surface area contributed by atoms with Crippen molar-refractivity contribution in [1.29, 1.82) is 0 Å². The van der Waals surface area contributed by atoms with Crippen LogP contribution < -0.4 is 4.74 Å². The number of rotatable bonds is 14. The number of carbonyl (C=O) groups is 6. The quantitative estimate of drug-likeness (QED) is 0.132. The number of thiol groups is 1. The summed E-state index contributed by atoms with van der Waals surface area (Å²) in [6.45, 7) is 7.23. The minimum Gasteiger partial charge on any atom is -0.467 e. The van der Waals surface area contributed by atoms with Crippen molar-refractivity contribution in [3.8, 4) is 5.75 Å². The van der Waals surface area contributed by atoms with Gasteiger partial charge in [0.05, 0.1) is 13.8 Å². The van der Waals surface area contributed by atoms with Crippen LogP contribution in [0.4, 0.5) is 4.79 Å². The molecule has 0 spiro atoms. The van der Waals surface area contributed by atoms with Crippen LogP contribution in [-0.2, 0) is 59.0 Å². The van der Waals surface area contributed by atoms with Gasteiger partial charge in [0.25, 0.3) is 0 Å². The van der Waals surface area contributed by atoms with Gasteiger partial charge in [0, 0.05) is 40.8 Å². The van der Waals surface area contributed by atoms with Crippen LogP contribution in [0, 0.1) is 5.92 Å². The van der Waals surface area contributed by atoms with Crippen LogP contribution in [0.25, 0.3) is 0 Å². The Morgan fingerprint density at radius 1 is 0.913 bits per heavy atom. The van der Waals surface area contributed by atoms with Gasteiger partial charge in [-0.05, 0) is 36.3 Å².